The fourth-order valence-corrected chi connectivity index (χ4v) is 1.77. The van der Waals surface area contributed by atoms with E-state index < -0.39 is 0 Å². The molecule has 0 atom stereocenters. The van der Waals surface area contributed by atoms with Gasteiger partial charge in [0.25, 0.3) is 0 Å². The van der Waals surface area contributed by atoms with Crippen LogP contribution >= 0.6 is 0 Å². The van der Waals surface area contributed by atoms with Crippen molar-refractivity contribution in [3.8, 4) is 0 Å². The number of aromatic amines is 1. The molecule has 0 saturated heterocycles. The summed E-state index contributed by atoms with van der Waals surface area (Å²) in [5.41, 5.74) is 1.33. The minimum atomic E-state index is -0.305. The van der Waals surface area contributed by atoms with Gasteiger partial charge in [-0.15, -0.1) is 0 Å². The third kappa shape index (κ3) is 3.94. The van der Waals surface area contributed by atoms with E-state index in [9.17, 15) is 9.18 Å². The Bertz CT molecular complexity index is 594. The molecule has 0 spiro atoms. The summed E-state index contributed by atoms with van der Waals surface area (Å²) in [6, 6.07) is 4.37. The number of H-pyrrole nitrogens is 1. The van der Waals surface area contributed by atoms with Gasteiger partial charge in [0.15, 0.2) is 0 Å². The van der Waals surface area contributed by atoms with E-state index in [1.807, 2.05) is 13.8 Å². The summed E-state index contributed by atoms with van der Waals surface area (Å²) in [5.74, 6) is 0.688. The van der Waals surface area contributed by atoms with E-state index in [1.54, 1.807) is 6.07 Å². The molecule has 2 aromatic rings. The highest BCUT2D eigenvalue weighted by Crippen LogP contribution is 2.15. The molecule has 6 heteroatoms. The fourth-order valence-electron chi connectivity index (χ4n) is 1.77. The summed E-state index contributed by atoms with van der Waals surface area (Å²) in [4.78, 5) is 18.7. The number of anilines is 1. The molecule has 0 fully saturated rings. The van der Waals surface area contributed by atoms with E-state index in [0.29, 0.717) is 42.4 Å². The second-order valence-corrected chi connectivity index (χ2v) is 5.12. The lowest BCUT2D eigenvalue weighted by atomic mass is 10.2. The number of nitrogens with one attached hydrogen (secondary N) is 3. The number of hydrogen-bond acceptors (Lipinski definition) is 3. The standard InChI is InChI=1S/C14H19FN4O/c1-9(2)8-17-13(20)5-6-16-14-18-11-4-3-10(15)7-12(11)19-14/h3-4,7,9H,5-6,8H2,1-2H3,(H,17,20)(H2,16,18,19). The molecule has 0 aliphatic heterocycles. The van der Waals surface area contributed by atoms with Crippen LogP contribution in [0.1, 0.15) is 20.3 Å². The highest BCUT2D eigenvalue weighted by atomic mass is 19.1. The number of fused-ring (bicyclic) bond motifs is 1. The number of aromatic nitrogens is 2. The Balaban J connectivity index is 1.82. The second kappa shape index (κ2) is 6.36. The summed E-state index contributed by atoms with van der Waals surface area (Å²) in [6.45, 7) is 5.26. The Labute approximate surface area is 117 Å². The van der Waals surface area contributed by atoms with Crippen molar-refractivity contribution in [1.82, 2.24) is 15.3 Å². The third-order valence-electron chi connectivity index (χ3n) is 2.80. The van der Waals surface area contributed by atoms with Crippen LogP contribution in [-0.2, 0) is 4.79 Å². The van der Waals surface area contributed by atoms with Crippen molar-refractivity contribution in [2.75, 3.05) is 18.4 Å². The van der Waals surface area contributed by atoms with Crippen molar-refractivity contribution >= 4 is 22.9 Å². The zero-order valence-corrected chi connectivity index (χ0v) is 11.7. The molecule has 3 N–H and O–H groups in total. The van der Waals surface area contributed by atoms with Crippen LogP contribution in [0.25, 0.3) is 11.0 Å². The number of hydrogen-bond donors (Lipinski definition) is 3. The van der Waals surface area contributed by atoms with Crippen LogP contribution in [0.2, 0.25) is 0 Å². The SMILES string of the molecule is CC(C)CNC(=O)CCNc1nc2ccc(F)cc2[nH]1. The number of halogens is 1. The van der Waals surface area contributed by atoms with Crippen molar-refractivity contribution in [3.63, 3.8) is 0 Å². The third-order valence-corrected chi connectivity index (χ3v) is 2.80. The minimum absolute atomic E-state index is 0.00774. The second-order valence-electron chi connectivity index (χ2n) is 5.12. The van der Waals surface area contributed by atoms with Crippen LogP contribution in [-0.4, -0.2) is 29.0 Å². The number of rotatable bonds is 6. The van der Waals surface area contributed by atoms with Crippen LogP contribution < -0.4 is 10.6 Å². The topological polar surface area (TPSA) is 69.8 Å². The van der Waals surface area contributed by atoms with Crippen LogP contribution in [0.15, 0.2) is 18.2 Å². The molecule has 20 heavy (non-hydrogen) atoms. The zero-order valence-electron chi connectivity index (χ0n) is 11.7. The molecule has 2 rings (SSSR count). The first-order valence-electron chi connectivity index (χ1n) is 6.70. The van der Waals surface area contributed by atoms with Crippen molar-refractivity contribution in [3.05, 3.63) is 24.0 Å². The van der Waals surface area contributed by atoms with Gasteiger partial charge in [0.1, 0.15) is 5.82 Å². The van der Waals surface area contributed by atoms with Gasteiger partial charge in [0.2, 0.25) is 11.9 Å². The number of carbonyl (C=O) groups is 1. The Hall–Kier alpha value is -2.11. The molecule has 5 nitrogen and oxygen atoms in total. The molecule has 1 aromatic heterocycles. The molecule has 0 bridgehead atoms. The Morgan fingerprint density at radius 2 is 2.25 bits per heavy atom. The largest absolute Gasteiger partial charge is 0.356 e. The first-order valence-corrected chi connectivity index (χ1v) is 6.70. The lowest BCUT2D eigenvalue weighted by molar-refractivity contribution is -0.120. The Morgan fingerprint density at radius 1 is 1.45 bits per heavy atom. The van der Waals surface area contributed by atoms with Gasteiger partial charge in [-0.05, 0) is 24.1 Å². The molecule has 1 amide bonds. The molecular weight excluding hydrogens is 259 g/mol. The van der Waals surface area contributed by atoms with E-state index in [0.717, 1.165) is 0 Å². The smallest absolute Gasteiger partial charge is 0.221 e. The highest BCUT2D eigenvalue weighted by Gasteiger charge is 2.05. The van der Waals surface area contributed by atoms with Crippen molar-refractivity contribution in [1.29, 1.82) is 0 Å². The monoisotopic (exact) mass is 278 g/mol. The van der Waals surface area contributed by atoms with E-state index in [1.165, 1.54) is 12.1 Å². The predicted molar refractivity (Wildman–Crippen MR) is 77.0 cm³/mol. The molecule has 0 saturated carbocycles. The number of amides is 1. The van der Waals surface area contributed by atoms with Gasteiger partial charge in [-0.3, -0.25) is 4.79 Å². The first kappa shape index (κ1) is 14.3. The molecule has 0 aliphatic rings. The highest BCUT2D eigenvalue weighted by molar-refractivity contribution is 5.78. The quantitative estimate of drug-likeness (QED) is 0.759. The maximum atomic E-state index is 13.0. The first-order chi connectivity index (χ1) is 9.54. The van der Waals surface area contributed by atoms with E-state index in [-0.39, 0.29) is 11.7 Å². The van der Waals surface area contributed by atoms with Crippen LogP contribution in [0.5, 0.6) is 0 Å². The van der Waals surface area contributed by atoms with Gasteiger partial charge in [0.05, 0.1) is 11.0 Å². The molecule has 0 radical (unpaired) electrons. The van der Waals surface area contributed by atoms with Gasteiger partial charge in [-0.2, -0.15) is 0 Å². The zero-order chi connectivity index (χ0) is 14.5. The van der Waals surface area contributed by atoms with E-state index in [4.69, 9.17) is 0 Å². The predicted octanol–water partition coefficient (Wildman–Crippen LogP) is 2.28. The van der Waals surface area contributed by atoms with Gasteiger partial charge in [-0.1, -0.05) is 13.8 Å². The molecule has 1 heterocycles. The minimum Gasteiger partial charge on any atom is -0.356 e. The van der Waals surface area contributed by atoms with Crippen molar-refractivity contribution in [2.45, 2.75) is 20.3 Å². The van der Waals surface area contributed by atoms with E-state index >= 15 is 0 Å². The van der Waals surface area contributed by atoms with Crippen molar-refractivity contribution < 1.29 is 9.18 Å². The fraction of sp³-hybridized carbons (Fsp3) is 0.429. The molecule has 0 aliphatic carbocycles. The van der Waals surface area contributed by atoms with Crippen molar-refractivity contribution in [2.24, 2.45) is 5.92 Å². The summed E-state index contributed by atoms with van der Waals surface area (Å²) in [6.07, 6.45) is 0.373. The normalized spacial score (nSPS) is 11.0. The van der Waals surface area contributed by atoms with Crippen LogP contribution in [0, 0.1) is 11.7 Å². The molecule has 108 valence electrons. The van der Waals surface area contributed by atoms with Gasteiger partial charge >= 0.3 is 0 Å². The average Bonchev–Trinajstić information content (AvgIpc) is 2.78. The number of imidazole rings is 1. The lowest BCUT2D eigenvalue weighted by Gasteiger charge is -2.07. The summed E-state index contributed by atoms with van der Waals surface area (Å²) < 4.78 is 13.0. The Kier molecular flexibility index (Phi) is 4.55. The number of benzene rings is 1. The van der Waals surface area contributed by atoms with Gasteiger partial charge in [0, 0.05) is 19.5 Å². The summed E-state index contributed by atoms with van der Waals surface area (Å²) >= 11 is 0. The number of carbonyl (C=O) groups excluding carboxylic acids is 1. The number of nitrogens with zero attached hydrogens (tertiary/aromatic N) is 1. The average molecular weight is 278 g/mol. The van der Waals surface area contributed by atoms with Gasteiger partial charge in [-0.25, -0.2) is 9.37 Å². The lowest BCUT2D eigenvalue weighted by Crippen LogP contribution is -2.28. The molecule has 1 aromatic carbocycles. The van der Waals surface area contributed by atoms with E-state index in [2.05, 4.69) is 20.6 Å². The maximum absolute atomic E-state index is 13.0. The maximum Gasteiger partial charge on any atom is 0.221 e. The summed E-state index contributed by atoms with van der Waals surface area (Å²) in [7, 11) is 0. The molecule has 0 unspecified atom stereocenters. The van der Waals surface area contributed by atoms with Gasteiger partial charge < -0.3 is 15.6 Å². The Morgan fingerprint density at radius 3 is 3.00 bits per heavy atom. The van der Waals surface area contributed by atoms with Crippen LogP contribution in [0.3, 0.4) is 0 Å². The summed E-state index contributed by atoms with van der Waals surface area (Å²) in [5, 5.41) is 5.87. The van der Waals surface area contributed by atoms with Crippen LogP contribution in [0.4, 0.5) is 10.3 Å². The molecular formula is C14H19FN4O.